The Morgan fingerprint density at radius 1 is 1.04 bits per heavy atom. The van der Waals surface area contributed by atoms with Crippen LogP contribution < -0.4 is 9.64 Å². The summed E-state index contributed by atoms with van der Waals surface area (Å²) in [6, 6.07) is 14.9. The number of hydrogen-bond donors (Lipinski definition) is 0. The molecule has 2 aromatic carbocycles. The summed E-state index contributed by atoms with van der Waals surface area (Å²) in [6.07, 6.45) is 3.79. The monoisotopic (exact) mass is 347 g/mol. The number of imide groups is 1. The summed E-state index contributed by atoms with van der Waals surface area (Å²) >= 11 is 0. The number of amides is 2. The van der Waals surface area contributed by atoms with Crippen LogP contribution in [0.5, 0.6) is 5.75 Å². The number of ether oxygens (including phenoxy) is 1. The average Bonchev–Trinajstić information content (AvgIpc) is 2.88. The van der Waals surface area contributed by atoms with Gasteiger partial charge in [0.05, 0.1) is 11.3 Å². The molecule has 0 fully saturated rings. The third kappa shape index (κ3) is 3.45. The first-order valence-electron chi connectivity index (χ1n) is 8.50. The Morgan fingerprint density at radius 2 is 1.73 bits per heavy atom. The molecule has 1 heterocycles. The van der Waals surface area contributed by atoms with Crippen molar-refractivity contribution < 1.29 is 14.3 Å². The van der Waals surface area contributed by atoms with E-state index in [4.69, 9.17) is 4.74 Å². The first kappa shape index (κ1) is 17.7. The molecular weight excluding hydrogens is 326 g/mol. The molecule has 0 bridgehead atoms. The van der Waals surface area contributed by atoms with Crippen molar-refractivity contribution in [2.75, 3.05) is 11.5 Å². The summed E-state index contributed by atoms with van der Waals surface area (Å²) < 4.78 is 5.84. The van der Waals surface area contributed by atoms with Crippen LogP contribution in [-0.2, 0) is 9.59 Å². The fourth-order valence-electron chi connectivity index (χ4n) is 2.88. The molecule has 26 heavy (non-hydrogen) atoms. The SMILES string of the molecule is CC(=O)N1C(=O)/C(=C/c2ccccc2OCC=C(C)C)c2ccccc21. The summed E-state index contributed by atoms with van der Waals surface area (Å²) in [5, 5.41) is 0. The molecule has 2 amide bonds. The van der Waals surface area contributed by atoms with E-state index in [1.165, 1.54) is 17.4 Å². The Hall–Kier alpha value is -3.14. The molecule has 1 aliphatic rings. The van der Waals surface area contributed by atoms with Gasteiger partial charge in [-0.05, 0) is 38.1 Å². The van der Waals surface area contributed by atoms with Gasteiger partial charge in [-0.1, -0.05) is 42.0 Å². The molecule has 0 spiro atoms. The van der Waals surface area contributed by atoms with Crippen LogP contribution in [0.15, 0.2) is 60.2 Å². The van der Waals surface area contributed by atoms with Crippen LogP contribution >= 0.6 is 0 Å². The van der Waals surface area contributed by atoms with Crippen LogP contribution in [0.3, 0.4) is 0 Å². The first-order chi connectivity index (χ1) is 12.5. The van der Waals surface area contributed by atoms with Crippen molar-refractivity contribution in [1.82, 2.24) is 0 Å². The fourth-order valence-corrected chi connectivity index (χ4v) is 2.88. The predicted molar refractivity (Wildman–Crippen MR) is 104 cm³/mol. The van der Waals surface area contributed by atoms with E-state index >= 15 is 0 Å². The van der Waals surface area contributed by atoms with Gasteiger partial charge < -0.3 is 4.74 Å². The maximum absolute atomic E-state index is 12.8. The second-order valence-corrected chi connectivity index (χ2v) is 6.37. The lowest BCUT2D eigenvalue weighted by Gasteiger charge is -2.11. The summed E-state index contributed by atoms with van der Waals surface area (Å²) in [4.78, 5) is 26.0. The summed E-state index contributed by atoms with van der Waals surface area (Å²) in [5.41, 5.74) is 3.86. The largest absolute Gasteiger partial charge is 0.489 e. The second-order valence-electron chi connectivity index (χ2n) is 6.37. The molecule has 4 nitrogen and oxygen atoms in total. The number of carbonyl (C=O) groups is 2. The van der Waals surface area contributed by atoms with Gasteiger partial charge >= 0.3 is 0 Å². The molecule has 0 saturated carbocycles. The lowest BCUT2D eigenvalue weighted by Crippen LogP contribution is -2.31. The summed E-state index contributed by atoms with van der Waals surface area (Å²) in [7, 11) is 0. The molecule has 1 aliphatic heterocycles. The van der Waals surface area contributed by atoms with E-state index in [9.17, 15) is 9.59 Å². The topological polar surface area (TPSA) is 46.6 Å². The number of carbonyl (C=O) groups excluding carboxylic acids is 2. The number of benzene rings is 2. The van der Waals surface area contributed by atoms with Crippen LogP contribution in [-0.4, -0.2) is 18.4 Å². The Balaban J connectivity index is 2.02. The minimum absolute atomic E-state index is 0.293. The highest BCUT2D eigenvalue weighted by Gasteiger charge is 2.34. The standard InChI is InChI=1S/C22H21NO3/c1-15(2)12-13-26-21-11-7-4-8-17(21)14-19-18-9-5-6-10-20(18)23(16(3)24)22(19)25/h4-12,14H,13H2,1-3H3/b19-14+. The number of allylic oxidation sites excluding steroid dienone is 1. The summed E-state index contributed by atoms with van der Waals surface area (Å²) in [6.45, 7) is 5.89. The predicted octanol–water partition coefficient (Wildman–Crippen LogP) is 4.47. The zero-order chi connectivity index (χ0) is 18.7. The second kappa shape index (κ2) is 7.40. The maximum atomic E-state index is 12.8. The summed E-state index contributed by atoms with van der Waals surface area (Å²) in [5.74, 6) is 0.0980. The van der Waals surface area contributed by atoms with Gasteiger partial charge in [0.25, 0.3) is 5.91 Å². The highest BCUT2D eigenvalue weighted by molar-refractivity contribution is 6.42. The van der Waals surface area contributed by atoms with Crippen molar-refractivity contribution in [1.29, 1.82) is 0 Å². The van der Waals surface area contributed by atoms with E-state index in [0.717, 1.165) is 11.1 Å². The zero-order valence-electron chi connectivity index (χ0n) is 15.2. The molecule has 0 unspecified atom stereocenters. The van der Waals surface area contributed by atoms with E-state index in [1.807, 2.05) is 62.4 Å². The molecule has 4 heteroatoms. The molecule has 3 rings (SSSR count). The molecule has 0 saturated heterocycles. The number of nitrogens with zero attached hydrogens (tertiary/aromatic N) is 1. The molecule has 132 valence electrons. The zero-order valence-corrected chi connectivity index (χ0v) is 15.2. The maximum Gasteiger partial charge on any atom is 0.265 e. The average molecular weight is 347 g/mol. The van der Waals surface area contributed by atoms with Gasteiger partial charge in [-0.15, -0.1) is 0 Å². The Kier molecular flexibility index (Phi) is 5.03. The van der Waals surface area contributed by atoms with Gasteiger partial charge in [0.15, 0.2) is 0 Å². The van der Waals surface area contributed by atoms with Gasteiger partial charge in [-0.2, -0.15) is 0 Å². The molecule has 0 radical (unpaired) electrons. The molecular formula is C22H21NO3. The van der Waals surface area contributed by atoms with Crippen molar-refractivity contribution >= 4 is 29.2 Å². The highest BCUT2D eigenvalue weighted by atomic mass is 16.5. The van der Waals surface area contributed by atoms with Crippen molar-refractivity contribution in [3.8, 4) is 5.75 Å². The van der Waals surface area contributed by atoms with Gasteiger partial charge in [-0.25, -0.2) is 4.90 Å². The van der Waals surface area contributed by atoms with E-state index in [0.29, 0.717) is 23.6 Å². The minimum Gasteiger partial charge on any atom is -0.489 e. The van der Waals surface area contributed by atoms with Crippen LogP contribution in [0.2, 0.25) is 0 Å². The van der Waals surface area contributed by atoms with E-state index in [2.05, 4.69) is 0 Å². The van der Waals surface area contributed by atoms with Crippen molar-refractivity contribution in [3.05, 3.63) is 71.3 Å². The Morgan fingerprint density at radius 3 is 2.46 bits per heavy atom. The third-order valence-electron chi connectivity index (χ3n) is 4.13. The van der Waals surface area contributed by atoms with Gasteiger partial charge in [0.1, 0.15) is 12.4 Å². The fraction of sp³-hybridized carbons (Fsp3) is 0.182. The normalized spacial score (nSPS) is 14.3. The van der Waals surface area contributed by atoms with E-state index in [1.54, 1.807) is 12.1 Å². The van der Waals surface area contributed by atoms with Gasteiger partial charge in [0, 0.05) is 18.1 Å². The number of para-hydroxylation sites is 2. The van der Waals surface area contributed by atoms with Crippen LogP contribution in [0.1, 0.15) is 31.9 Å². The minimum atomic E-state index is -0.308. The van der Waals surface area contributed by atoms with Crippen molar-refractivity contribution in [3.63, 3.8) is 0 Å². The lowest BCUT2D eigenvalue weighted by molar-refractivity contribution is -0.122. The molecule has 2 aromatic rings. The highest BCUT2D eigenvalue weighted by Crippen LogP contribution is 2.38. The lowest BCUT2D eigenvalue weighted by atomic mass is 10.0. The smallest absolute Gasteiger partial charge is 0.265 e. The molecule has 0 aromatic heterocycles. The number of rotatable bonds is 4. The molecule has 0 aliphatic carbocycles. The number of hydrogen-bond acceptors (Lipinski definition) is 3. The Labute approximate surface area is 153 Å². The molecule has 0 N–H and O–H groups in total. The van der Waals surface area contributed by atoms with Crippen LogP contribution in [0, 0.1) is 0 Å². The number of fused-ring (bicyclic) bond motifs is 1. The first-order valence-corrected chi connectivity index (χ1v) is 8.50. The third-order valence-corrected chi connectivity index (χ3v) is 4.13. The number of anilines is 1. The van der Waals surface area contributed by atoms with Crippen LogP contribution in [0.4, 0.5) is 5.69 Å². The van der Waals surface area contributed by atoms with Gasteiger partial charge in [-0.3, -0.25) is 9.59 Å². The molecule has 0 atom stereocenters. The van der Waals surface area contributed by atoms with Crippen molar-refractivity contribution in [2.24, 2.45) is 0 Å². The van der Waals surface area contributed by atoms with Gasteiger partial charge in [0.2, 0.25) is 5.91 Å². The van der Waals surface area contributed by atoms with E-state index in [-0.39, 0.29) is 11.8 Å². The quantitative estimate of drug-likeness (QED) is 0.606. The van der Waals surface area contributed by atoms with Crippen molar-refractivity contribution in [2.45, 2.75) is 20.8 Å². The Bertz CT molecular complexity index is 920. The van der Waals surface area contributed by atoms with E-state index < -0.39 is 0 Å². The van der Waals surface area contributed by atoms with Crippen LogP contribution in [0.25, 0.3) is 11.6 Å².